The van der Waals surface area contributed by atoms with Crippen LogP contribution in [0.4, 0.5) is 0 Å². The monoisotopic (exact) mass is 169 g/mol. The normalized spacial score (nSPS) is 10.2. The van der Waals surface area contributed by atoms with E-state index in [2.05, 4.69) is 21.7 Å². The van der Waals surface area contributed by atoms with E-state index in [1.807, 2.05) is 0 Å². The van der Waals surface area contributed by atoms with E-state index >= 15 is 0 Å². The Kier molecular flexibility index (Phi) is 2.73. The largest absolute Gasteiger partial charge is 0.440 e. The molecule has 1 aromatic heterocycles. The van der Waals surface area contributed by atoms with E-state index in [-0.39, 0.29) is 18.6 Å². The van der Waals surface area contributed by atoms with Gasteiger partial charge in [-0.05, 0) is 5.21 Å². The number of tetrazole rings is 1. The second kappa shape index (κ2) is 3.80. The van der Waals surface area contributed by atoms with Gasteiger partial charge in [0.25, 0.3) is 0 Å². The van der Waals surface area contributed by atoms with E-state index in [4.69, 9.17) is 4.74 Å². The van der Waals surface area contributed by atoms with Gasteiger partial charge in [-0.1, -0.05) is 13.8 Å². The molecule has 1 rings (SSSR count). The molecule has 1 aromatic rings. The smallest absolute Gasteiger partial charge is 0.310 e. The van der Waals surface area contributed by atoms with Crippen LogP contribution in [0.1, 0.15) is 13.8 Å². The minimum Gasteiger partial charge on any atom is -0.440 e. The van der Waals surface area contributed by atoms with Crippen molar-refractivity contribution in [2.75, 3.05) is 0 Å². The van der Waals surface area contributed by atoms with Crippen molar-refractivity contribution in [1.29, 1.82) is 0 Å². The van der Waals surface area contributed by atoms with Crippen molar-refractivity contribution >= 4 is 5.97 Å². The Morgan fingerprint density at radius 1 is 1.67 bits per heavy atom. The van der Waals surface area contributed by atoms with E-state index < -0.39 is 0 Å². The number of nitrogens with zero attached hydrogens (tertiary/aromatic N) is 4. The summed E-state index contributed by atoms with van der Waals surface area (Å²) in [6.07, 6.45) is 2.24. The topological polar surface area (TPSA) is 69.9 Å². The SMILES string of the molecule is CC(C)C(=O)OCn1n[c]nn1. The fourth-order valence-electron chi connectivity index (χ4n) is 0.506. The van der Waals surface area contributed by atoms with Crippen LogP contribution in [0.3, 0.4) is 0 Å². The highest BCUT2D eigenvalue weighted by molar-refractivity contribution is 5.71. The van der Waals surface area contributed by atoms with E-state index in [1.165, 1.54) is 0 Å². The summed E-state index contributed by atoms with van der Waals surface area (Å²) < 4.78 is 4.79. The second-order valence-corrected chi connectivity index (χ2v) is 2.51. The molecule has 0 fully saturated rings. The lowest BCUT2D eigenvalue weighted by atomic mass is 10.2. The molecule has 0 aromatic carbocycles. The molecule has 6 nitrogen and oxygen atoms in total. The number of carbonyl (C=O) groups excluding carboxylic acids is 1. The third-order valence-corrected chi connectivity index (χ3v) is 1.15. The van der Waals surface area contributed by atoms with Gasteiger partial charge in [-0.15, -0.1) is 15.0 Å². The van der Waals surface area contributed by atoms with Crippen molar-refractivity contribution in [1.82, 2.24) is 20.2 Å². The average Bonchev–Trinajstić information content (AvgIpc) is 2.51. The van der Waals surface area contributed by atoms with E-state index in [0.29, 0.717) is 0 Å². The second-order valence-electron chi connectivity index (χ2n) is 2.51. The van der Waals surface area contributed by atoms with Gasteiger partial charge in [0.15, 0.2) is 0 Å². The van der Waals surface area contributed by atoms with Gasteiger partial charge in [-0.3, -0.25) is 4.79 Å². The molecule has 6 heteroatoms. The molecule has 65 valence electrons. The summed E-state index contributed by atoms with van der Waals surface area (Å²) in [5, 5.41) is 10.3. The van der Waals surface area contributed by atoms with E-state index in [0.717, 1.165) is 4.80 Å². The van der Waals surface area contributed by atoms with E-state index in [1.54, 1.807) is 13.8 Å². The lowest BCUT2D eigenvalue weighted by Gasteiger charge is -2.04. The summed E-state index contributed by atoms with van der Waals surface area (Å²) in [5.41, 5.74) is 0. The van der Waals surface area contributed by atoms with Gasteiger partial charge in [0.2, 0.25) is 13.1 Å². The standard InChI is InChI=1S/C6H9N4O2/c1-5(2)6(11)12-4-10-8-3-7-9-10/h5H,4H2,1-2H3. The molecule has 0 amide bonds. The minimum atomic E-state index is -0.285. The Labute approximate surface area is 69.5 Å². The average molecular weight is 169 g/mol. The highest BCUT2D eigenvalue weighted by Gasteiger charge is 2.08. The summed E-state index contributed by atoms with van der Waals surface area (Å²) >= 11 is 0. The van der Waals surface area contributed by atoms with Crippen molar-refractivity contribution in [3.8, 4) is 0 Å². The number of rotatable bonds is 3. The molecular weight excluding hydrogens is 160 g/mol. The van der Waals surface area contributed by atoms with Crippen molar-refractivity contribution in [2.45, 2.75) is 20.6 Å². The number of carbonyl (C=O) groups is 1. The van der Waals surface area contributed by atoms with Crippen molar-refractivity contribution in [2.24, 2.45) is 5.92 Å². The number of hydrogen-bond acceptors (Lipinski definition) is 5. The Morgan fingerprint density at radius 2 is 2.42 bits per heavy atom. The predicted molar refractivity (Wildman–Crippen MR) is 37.6 cm³/mol. The molecule has 0 bridgehead atoms. The Bertz CT molecular complexity index is 244. The van der Waals surface area contributed by atoms with Gasteiger partial charge < -0.3 is 4.74 Å². The molecule has 0 N–H and O–H groups in total. The van der Waals surface area contributed by atoms with Crippen LogP contribution < -0.4 is 0 Å². The van der Waals surface area contributed by atoms with Gasteiger partial charge in [0.1, 0.15) is 0 Å². The molecule has 0 spiro atoms. The molecule has 0 saturated heterocycles. The van der Waals surface area contributed by atoms with Gasteiger partial charge >= 0.3 is 5.97 Å². The van der Waals surface area contributed by atoms with Gasteiger partial charge in [0, 0.05) is 0 Å². The quantitative estimate of drug-likeness (QED) is 0.577. The molecular formula is C6H9N4O2. The highest BCUT2D eigenvalue weighted by Crippen LogP contribution is 1.95. The molecule has 1 radical (unpaired) electrons. The first-order valence-corrected chi connectivity index (χ1v) is 3.50. The summed E-state index contributed by atoms with van der Waals surface area (Å²) in [6.45, 7) is 3.50. The van der Waals surface area contributed by atoms with Crippen LogP contribution in [-0.2, 0) is 16.3 Å². The van der Waals surface area contributed by atoms with Crippen molar-refractivity contribution < 1.29 is 9.53 Å². The number of aromatic nitrogens is 4. The molecule has 0 aliphatic carbocycles. The summed E-state index contributed by atoms with van der Waals surface area (Å²) in [4.78, 5) is 12.1. The van der Waals surface area contributed by atoms with E-state index in [9.17, 15) is 4.79 Å². The predicted octanol–water partition coefficient (Wildman–Crippen LogP) is -0.370. The molecule has 1 heterocycles. The molecule has 0 atom stereocenters. The first kappa shape index (κ1) is 8.63. The maximum atomic E-state index is 10.9. The Morgan fingerprint density at radius 3 is 2.92 bits per heavy atom. The van der Waals surface area contributed by atoms with Gasteiger partial charge in [-0.2, -0.15) is 0 Å². The zero-order valence-electron chi connectivity index (χ0n) is 6.89. The van der Waals surface area contributed by atoms with Crippen molar-refractivity contribution in [3.63, 3.8) is 0 Å². The zero-order chi connectivity index (χ0) is 8.97. The maximum absolute atomic E-state index is 10.9. The zero-order valence-corrected chi connectivity index (χ0v) is 6.89. The number of esters is 1. The highest BCUT2D eigenvalue weighted by atomic mass is 16.5. The first-order valence-electron chi connectivity index (χ1n) is 3.50. The Balaban J connectivity index is 2.32. The van der Waals surface area contributed by atoms with Crippen LogP contribution in [-0.4, -0.2) is 26.2 Å². The number of ether oxygens (including phenoxy) is 1. The maximum Gasteiger partial charge on any atom is 0.310 e. The summed E-state index contributed by atoms with van der Waals surface area (Å²) in [7, 11) is 0. The van der Waals surface area contributed by atoms with Crippen LogP contribution >= 0.6 is 0 Å². The first-order chi connectivity index (χ1) is 5.70. The molecule has 0 aliphatic rings. The van der Waals surface area contributed by atoms with Gasteiger partial charge in [-0.25, -0.2) is 0 Å². The van der Waals surface area contributed by atoms with Crippen LogP contribution in [0, 0.1) is 12.2 Å². The van der Waals surface area contributed by atoms with Crippen molar-refractivity contribution in [3.05, 3.63) is 6.33 Å². The molecule has 12 heavy (non-hydrogen) atoms. The minimum absolute atomic E-state index is 0.00644. The summed E-state index contributed by atoms with van der Waals surface area (Å²) in [5.74, 6) is -0.426. The lowest BCUT2D eigenvalue weighted by molar-refractivity contribution is -0.152. The van der Waals surface area contributed by atoms with Crippen LogP contribution in [0.5, 0.6) is 0 Å². The third kappa shape index (κ3) is 2.30. The summed E-state index contributed by atoms with van der Waals surface area (Å²) in [6, 6.07) is 0. The van der Waals surface area contributed by atoms with Crippen LogP contribution in [0.2, 0.25) is 0 Å². The molecule has 0 saturated carbocycles. The lowest BCUT2D eigenvalue weighted by Crippen LogP contribution is -2.15. The van der Waals surface area contributed by atoms with Gasteiger partial charge in [0.05, 0.1) is 5.92 Å². The third-order valence-electron chi connectivity index (χ3n) is 1.15. The molecule has 0 unspecified atom stereocenters. The van der Waals surface area contributed by atoms with Crippen LogP contribution in [0.25, 0.3) is 0 Å². The Hall–Kier alpha value is -1.46. The molecule has 0 aliphatic heterocycles. The van der Waals surface area contributed by atoms with Crippen LogP contribution in [0.15, 0.2) is 0 Å². The fourth-order valence-corrected chi connectivity index (χ4v) is 0.506. The number of hydrogen-bond donors (Lipinski definition) is 0. The fraction of sp³-hybridized carbons (Fsp3) is 0.667.